The standard InChI is InChI=1S/C27H21FN2O3/c28-19-8-9-22-21(15-19)20-12-13-30(25(31)11-6-17-4-2-1-3-5-17)27(26(20)29-22)18-7-10-23-24(14-18)33-16-32-23/h1-11,14-15,27,29H,12-13,16H2/b11-6+. The number of hydrogen-bond donors (Lipinski definition) is 1. The quantitative estimate of drug-likeness (QED) is 0.444. The maximum atomic E-state index is 14.0. The molecule has 1 N–H and O–H groups in total. The van der Waals surface area contributed by atoms with Gasteiger partial charge in [-0.05, 0) is 59.5 Å². The molecule has 0 aliphatic carbocycles. The highest BCUT2D eigenvalue weighted by Crippen LogP contribution is 2.42. The van der Waals surface area contributed by atoms with Crippen LogP contribution in [0.25, 0.3) is 17.0 Å². The highest BCUT2D eigenvalue weighted by molar-refractivity contribution is 5.93. The van der Waals surface area contributed by atoms with Gasteiger partial charge in [0.15, 0.2) is 11.5 Å². The van der Waals surface area contributed by atoms with E-state index in [1.54, 1.807) is 18.2 Å². The van der Waals surface area contributed by atoms with Crippen LogP contribution in [0.4, 0.5) is 4.39 Å². The van der Waals surface area contributed by atoms with Gasteiger partial charge in [0, 0.05) is 29.2 Å². The third kappa shape index (κ3) is 3.44. The van der Waals surface area contributed by atoms with Crippen LogP contribution < -0.4 is 9.47 Å². The van der Waals surface area contributed by atoms with E-state index < -0.39 is 0 Å². The van der Waals surface area contributed by atoms with Crippen LogP contribution in [0.1, 0.15) is 28.4 Å². The van der Waals surface area contributed by atoms with Crippen molar-refractivity contribution in [1.29, 1.82) is 0 Å². The lowest BCUT2D eigenvalue weighted by atomic mass is 9.92. The maximum absolute atomic E-state index is 14.0. The summed E-state index contributed by atoms with van der Waals surface area (Å²) in [5, 5.41) is 0.864. The van der Waals surface area contributed by atoms with Gasteiger partial charge in [0.05, 0.1) is 6.04 Å². The first-order valence-electron chi connectivity index (χ1n) is 10.9. The van der Waals surface area contributed by atoms with Crippen molar-refractivity contribution in [2.75, 3.05) is 13.3 Å². The zero-order valence-electron chi connectivity index (χ0n) is 17.8. The summed E-state index contributed by atoms with van der Waals surface area (Å²) in [5.74, 6) is 0.995. The molecular formula is C27H21FN2O3. The highest BCUT2D eigenvalue weighted by Gasteiger charge is 2.34. The molecule has 1 amide bonds. The number of amides is 1. The largest absolute Gasteiger partial charge is 0.454 e. The van der Waals surface area contributed by atoms with E-state index in [2.05, 4.69) is 4.98 Å². The molecule has 0 fully saturated rings. The molecule has 3 aromatic carbocycles. The summed E-state index contributed by atoms with van der Waals surface area (Å²) >= 11 is 0. The number of halogens is 1. The fourth-order valence-electron chi connectivity index (χ4n) is 4.76. The molecule has 0 spiro atoms. The van der Waals surface area contributed by atoms with Crippen LogP contribution >= 0.6 is 0 Å². The lowest BCUT2D eigenvalue weighted by molar-refractivity contribution is -0.128. The number of aromatic amines is 1. The smallest absolute Gasteiger partial charge is 0.247 e. The summed E-state index contributed by atoms with van der Waals surface area (Å²) in [6.45, 7) is 0.705. The minimum absolute atomic E-state index is 0.0861. The second-order valence-corrected chi connectivity index (χ2v) is 8.25. The van der Waals surface area contributed by atoms with Crippen molar-refractivity contribution in [1.82, 2.24) is 9.88 Å². The van der Waals surface area contributed by atoms with Crippen molar-refractivity contribution in [2.24, 2.45) is 0 Å². The zero-order chi connectivity index (χ0) is 22.4. The van der Waals surface area contributed by atoms with E-state index in [1.807, 2.05) is 59.5 Å². The number of nitrogens with zero attached hydrogens (tertiary/aromatic N) is 1. The molecule has 1 unspecified atom stereocenters. The number of fused-ring (bicyclic) bond motifs is 4. The number of rotatable bonds is 3. The van der Waals surface area contributed by atoms with Gasteiger partial charge in [-0.1, -0.05) is 36.4 Å². The Morgan fingerprint density at radius 1 is 1.03 bits per heavy atom. The van der Waals surface area contributed by atoms with Crippen molar-refractivity contribution in [2.45, 2.75) is 12.5 Å². The molecule has 2 aliphatic rings. The van der Waals surface area contributed by atoms with Gasteiger partial charge in [-0.2, -0.15) is 0 Å². The molecule has 164 valence electrons. The molecular weight excluding hydrogens is 419 g/mol. The molecule has 3 heterocycles. The zero-order valence-corrected chi connectivity index (χ0v) is 17.8. The fourth-order valence-corrected chi connectivity index (χ4v) is 4.76. The number of carbonyl (C=O) groups is 1. The van der Waals surface area contributed by atoms with Crippen molar-refractivity contribution in [3.05, 3.63) is 101 Å². The summed E-state index contributed by atoms with van der Waals surface area (Å²) in [7, 11) is 0. The molecule has 5 nitrogen and oxygen atoms in total. The van der Waals surface area contributed by atoms with Gasteiger partial charge in [-0.25, -0.2) is 4.39 Å². The Morgan fingerprint density at radius 2 is 1.88 bits per heavy atom. The average molecular weight is 440 g/mol. The molecule has 1 atom stereocenters. The Hall–Kier alpha value is -4.06. The number of H-pyrrole nitrogens is 1. The number of nitrogens with one attached hydrogen (secondary N) is 1. The Labute approximate surface area is 190 Å². The topological polar surface area (TPSA) is 54.6 Å². The van der Waals surface area contributed by atoms with Crippen molar-refractivity contribution in [3.63, 3.8) is 0 Å². The lowest BCUT2D eigenvalue weighted by Crippen LogP contribution is -2.39. The van der Waals surface area contributed by atoms with Gasteiger partial charge in [0.25, 0.3) is 0 Å². The molecule has 1 aromatic heterocycles. The Morgan fingerprint density at radius 3 is 2.76 bits per heavy atom. The summed E-state index contributed by atoms with van der Waals surface area (Å²) in [6.07, 6.45) is 4.09. The van der Waals surface area contributed by atoms with E-state index in [-0.39, 0.29) is 24.6 Å². The van der Waals surface area contributed by atoms with Crippen LogP contribution in [0.2, 0.25) is 0 Å². The first-order valence-corrected chi connectivity index (χ1v) is 10.9. The molecule has 0 saturated heterocycles. The van der Waals surface area contributed by atoms with Crippen LogP contribution in [0.15, 0.2) is 72.8 Å². The number of hydrogen-bond acceptors (Lipinski definition) is 3. The number of ether oxygens (including phenoxy) is 2. The van der Waals surface area contributed by atoms with Crippen LogP contribution in [0, 0.1) is 5.82 Å². The monoisotopic (exact) mass is 440 g/mol. The molecule has 6 rings (SSSR count). The van der Waals surface area contributed by atoms with Gasteiger partial charge >= 0.3 is 0 Å². The van der Waals surface area contributed by atoms with Crippen LogP contribution in [0.3, 0.4) is 0 Å². The number of benzene rings is 3. The molecule has 0 radical (unpaired) electrons. The average Bonchev–Trinajstić information content (AvgIpc) is 3.46. The van der Waals surface area contributed by atoms with Crippen molar-refractivity contribution >= 4 is 22.9 Å². The van der Waals surface area contributed by atoms with Crippen molar-refractivity contribution in [3.8, 4) is 11.5 Å². The third-order valence-corrected chi connectivity index (χ3v) is 6.30. The second kappa shape index (κ2) is 7.81. The van der Waals surface area contributed by atoms with E-state index >= 15 is 0 Å². The SMILES string of the molecule is O=C(/C=C/c1ccccc1)N1CCc2c([nH]c3ccc(F)cc23)C1c1ccc2c(c1)OCO2. The molecule has 4 aromatic rings. The van der Waals surface area contributed by atoms with Crippen LogP contribution in [-0.2, 0) is 11.2 Å². The minimum Gasteiger partial charge on any atom is -0.454 e. The predicted octanol–water partition coefficient (Wildman–Crippen LogP) is 5.22. The fraction of sp³-hybridized carbons (Fsp3) is 0.148. The van der Waals surface area contributed by atoms with Gasteiger partial charge in [0.1, 0.15) is 5.82 Å². The highest BCUT2D eigenvalue weighted by atomic mass is 19.1. The molecule has 0 saturated carbocycles. The molecule has 0 bridgehead atoms. The normalized spacial score (nSPS) is 17.0. The summed E-state index contributed by atoms with van der Waals surface area (Å²) in [6, 6.07) is 19.9. The van der Waals surface area contributed by atoms with Crippen LogP contribution in [0.5, 0.6) is 11.5 Å². The summed E-state index contributed by atoms with van der Waals surface area (Å²) < 4.78 is 25.1. The Bertz CT molecular complexity index is 1390. The lowest BCUT2D eigenvalue weighted by Gasteiger charge is -2.35. The predicted molar refractivity (Wildman–Crippen MR) is 124 cm³/mol. The first-order chi connectivity index (χ1) is 16.2. The number of aromatic nitrogens is 1. The Kier molecular flexibility index (Phi) is 4.64. The molecule has 6 heteroatoms. The third-order valence-electron chi connectivity index (χ3n) is 6.30. The molecule has 33 heavy (non-hydrogen) atoms. The summed E-state index contributed by atoms with van der Waals surface area (Å²) in [5.41, 5.74) is 4.68. The van der Waals surface area contributed by atoms with E-state index in [0.717, 1.165) is 33.3 Å². The van der Waals surface area contributed by atoms with Gasteiger partial charge in [-0.3, -0.25) is 4.79 Å². The van der Waals surface area contributed by atoms with Gasteiger partial charge < -0.3 is 19.4 Å². The summed E-state index contributed by atoms with van der Waals surface area (Å²) in [4.78, 5) is 18.7. The van der Waals surface area contributed by atoms with Crippen molar-refractivity contribution < 1.29 is 18.7 Å². The maximum Gasteiger partial charge on any atom is 0.247 e. The first kappa shape index (κ1) is 19.6. The molecule has 2 aliphatic heterocycles. The van der Waals surface area contributed by atoms with E-state index in [9.17, 15) is 9.18 Å². The van der Waals surface area contributed by atoms with E-state index in [1.165, 1.54) is 6.07 Å². The second-order valence-electron chi connectivity index (χ2n) is 8.25. The minimum atomic E-state index is -0.355. The Balaban J connectivity index is 1.45. The van der Waals surface area contributed by atoms with Gasteiger partial charge in [-0.15, -0.1) is 0 Å². The number of carbonyl (C=O) groups excluding carboxylic acids is 1. The van der Waals surface area contributed by atoms with E-state index in [4.69, 9.17) is 9.47 Å². The van der Waals surface area contributed by atoms with Crippen LogP contribution in [-0.4, -0.2) is 29.1 Å². The van der Waals surface area contributed by atoms with Gasteiger partial charge in [0.2, 0.25) is 12.7 Å². The van der Waals surface area contributed by atoms with E-state index in [0.29, 0.717) is 24.5 Å².